The molecule has 15 rings (SSSR count). The summed E-state index contributed by atoms with van der Waals surface area (Å²) in [5.41, 5.74) is 11.2. The van der Waals surface area contributed by atoms with Crippen molar-refractivity contribution < 1.29 is 13.2 Å². The van der Waals surface area contributed by atoms with Crippen molar-refractivity contribution in [2.75, 3.05) is 0 Å². The van der Waals surface area contributed by atoms with E-state index in [0.29, 0.717) is 68.5 Å². The lowest BCUT2D eigenvalue weighted by atomic mass is 9.93. The van der Waals surface area contributed by atoms with E-state index < -0.39 is 11.7 Å². The van der Waals surface area contributed by atoms with Crippen LogP contribution in [0.25, 0.3) is 146 Å². The van der Waals surface area contributed by atoms with Gasteiger partial charge in [-0.2, -0.15) is 23.7 Å². The Morgan fingerprint density at radius 3 is 1.14 bits per heavy atom. The number of fused-ring (bicyclic) bond motifs is 6. The third-order valence-corrected chi connectivity index (χ3v) is 15.9. The van der Waals surface area contributed by atoms with Gasteiger partial charge in [0, 0.05) is 66.1 Å². The van der Waals surface area contributed by atoms with Crippen LogP contribution in [0, 0.1) is 22.7 Å². The molecule has 0 aliphatic carbocycles. The van der Waals surface area contributed by atoms with Crippen LogP contribution in [0.1, 0.15) is 16.7 Å². The largest absolute Gasteiger partial charge is 0.416 e. The SMILES string of the molecule is N#Cc1ccc(-n2c3ccccc3c3cc(-c4nc(-c5ccccc5)nc(-c5ccccc5)n4)ccc32)c(-c2ccc(-c3ccc(C(F)(F)F)cc3C#N)cc2-n2c3ccccc3c3cc(-c4nc(-c5ccccc5)nc(-c5ccccc5)n4)ccc32)c1. The average Bonchev–Trinajstić information content (AvgIpc) is 1.64. The molecule has 4 heterocycles. The van der Waals surface area contributed by atoms with E-state index in [1.807, 2.05) is 200 Å². The predicted octanol–water partition coefficient (Wildman–Crippen LogP) is 18.3. The maximum Gasteiger partial charge on any atom is 0.416 e. The van der Waals surface area contributed by atoms with Gasteiger partial charge in [-0.05, 0) is 96.1 Å². The van der Waals surface area contributed by atoms with Crippen LogP contribution in [0.4, 0.5) is 13.2 Å². The number of nitriles is 2. The number of para-hydroxylation sites is 2. The second-order valence-electron chi connectivity index (χ2n) is 21.2. The van der Waals surface area contributed by atoms with Crippen molar-refractivity contribution in [1.82, 2.24) is 39.0 Å². The fourth-order valence-corrected chi connectivity index (χ4v) is 11.8. The first kappa shape index (κ1) is 52.6. The van der Waals surface area contributed by atoms with Gasteiger partial charge in [-0.3, -0.25) is 0 Å². The first-order valence-electron chi connectivity index (χ1n) is 28.3. The molecule has 11 aromatic carbocycles. The van der Waals surface area contributed by atoms with Crippen LogP contribution in [0.3, 0.4) is 0 Å². The number of halogens is 3. The van der Waals surface area contributed by atoms with E-state index in [2.05, 4.69) is 57.7 Å². The standard InChI is InChI=1S/C75H43F3N10/c76-75(77,78)55-33-35-56(54(40-55)45-80)51-30-34-59(68(43-51)88-64-28-16-14-26-58(64)62-42-53(32-38-67(62)88)74-85-71(49-21-9-3-10-22-49)82-72(86-74)50-23-11-4-12-24-50)60-39-46(44-79)29-36-65(60)87-63-27-15-13-25-57(63)61-41-52(31-37-66(61)87)73-83-69(47-17-5-1-6-18-47)81-70(84-73)48-19-7-2-8-20-48/h1-43H. The number of aromatic nitrogens is 8. The summed E-state index contributed by atoms with van der Waals surface area (Å²) in [4.78, 5) is 30.1. The van der Waals surface area contributed by atoms with E-state index in [0.717, 1.165) is 94.8 Å². The minimum atomic E-state index is -4.67. The molecule has 0 N–H and O–H groups in total. The molecule has 0 saturated carbocycles. The van der Waals surface area contributed by atoms with Crippen molar-refractivity contribution in [3.8, 4) is 114 Å². The van der Waals surface area contributed by atoms with Gasteiger partial charge >= 0.3 is 6.18 Å². The summed E-state index contributed by atoms with van der Waals surface area (Å²) < 4.78 is 47.1. The second-order valence-corrected chi connectivity index (χ2v) is 21.2. The molecule has 0 atom stereocenters. The molecular formula is C75H43F3N10. The highest BCUT2D eigenvalue weighted by Gasteiger charge is 2.32. The molecule has 15 aromatic rings. The van der Waals surface area contributed by atoms with Crippen LogP contribution in [0.2, 0.25) is 0 Å². The topological polar surface area (TPSA) is 135 Å². The molecule has 88 heavy (non-hydrogen) atoms. The Labute approximate surface area is 501 Å². The van der Waals surface area contributed by atoms with Crippen LogP contribution in [0.5, 0.6) is 0 Å². The summed E-state index contributed by atoms with van der Waals surface area (Å²) in [7, 11) is 0. The highest BCUT2D eigenvalue weighted by molar-refractivity contribution is 6.13. The van der Waals surface area contributed by atoms with Crippen LogP contribution in [-0.2, 0) is 6.18 Å². The number of benzene rings is 11. The molecule has 0 bridgehead atoms. The summed E-state index contributed by atoms with van der Waals surface area (Å²) in [6.45, 7) is 0. The summed E-state index contributed by atoms with van der Waals surface area (Å²) in [6.07, 6.45) is -4.67. The fraction of sp³-hybridized carbons (Fsp3) is 0.0133. The number of hydrogen-bond donors (Lipinski definition) is 0. The Hall–Kier alpha value is -12.2. The van der Waals surface area contributed by atoms with Gasteiger partial charge in [-0.15, -0.1) is 0 Å². The van der Waals surface area contributed by atoms with Gasteiger partial charge in [0.05, 0.1) is 62.3 Å². The number of nitrogens with zero attached hydrogens (tertiary/aromatic N) is 10. The van der Waals surface area contributed by atoms with Crippen molar-refractivity contribution in [3.63, 3.8) is 0 Å². The van der Waals surface area contributed by atoms with Crippen molar-refractivity contribution in [2.24, 2.45) is 0 Å². The molecule has 0 saturated heterocycles. The third kappa shape index (κ3) is 9.33. The molecule has 0 radical (unpaired) electrons. The van der Waals surface area contributed by atoms with Gasteiger partial charge < -0.3 is 9.13 Å². The van der Waals surface area contributed by atoms with Gasteiger partial charge in [0.1, 0.15) is 0 Å². The molecule has 0 amide bonds. The lowest BCUT2D eigenvalue weighted by molar-refractivity contribution is -0.137. The molecule has 0 unspecified atom stereocenters. The lowest BCUT2D eigenvalue weighted by Crippen LogP contribution is -2.05. The van der Waals surface area contributed by atoms with Crippen LogP contribution in [0.15, 0.2) is 261 Å². The van der Waals surface area contributed by atoms with Gasteiger partial charge in [-0.1, -0.05) is 176 Å². The van der Waals surface area contributed by atoms with Crippen LogP contribution < -0.4 is 0 Å². The Kier molecular flexibility index (Phi) is 12.8. The first-order chi connectivity index (χ1) is 43.1. The predicted molar refractivity (Wildman–Crippen MR) is 340 cm³/mol. The Balaban J connectivity index is 0.956. The van der Waals surface area contributed by atoms with Crippen LogP contribution >= 0.6 is 0 Å². The molecule has 0 aliphatic heterocycles. The zero-order valence-corrected chi connectivity index (χ0v) is 46.4. The molecule has 13 heteroatoms. The third-order valence-electron chi connectivity index (χ3n) is 15.9. The molecule has 10 nitrogen and oxygen atoms in total. The van der Waals surface area contributed by atoms with Crippen molar-refractivity contribution in [3.05, 3.63) is 278 Å². The highest BCUT2D eigenvalue weighted by atomic mass is 19.4. The maximum absolute atomic E-state index is 14.3. The normalized spacial score (nSPS) is 11.6. The zero-order chi connectivity index (χ0) is 59.5. The monoisotopic (exact) mass is 1140 g/mol. The molecular weight excluding hydrogens is 1100 g/mol. The first-order valence-corrected chi connectivity index (χ1v) is 28.3. The number of hydrogen-bond acceptors (Lipinski definition) is 8. The summed E-state index contributed by atoms with van der Waals surface area (Å²) in [6, 6.07) is 86.8. The fourth-order valence-electron chi connectivity index (χ4n) is 11.8. The quantitative estimate of drug-likeness (QED) is 0.132. The van der Waals surface area contributed by atoms with Gasteiger partial charge in [0.25, 0.3) is 0 Å². The number of rotatable bonds is 10. The highest BCUT2D eigenvalue weighted by Crippen LogP contribution is 2.45. The number of alkyl halides is 3. The van der Waals surface area contributed by atoms with Crippen molar-refractivity contribution in [1.29, 1.82) is 10.5 Å². The Morgan fingerprint density at radius 1 is 0.295 bits per heavy atom. The molecule has 4 aromatic heterocycles. The van der Waals surface area contributed by atoms with Gasteiger partial charge in [0.15, 0.2) is 34.9 Å². The smallest absolute Gasteiger partial charge is 0.309 e. The van der Waals surface area contributed by atoms with E-state index >= 15 is 0 Å². The van der Waals surface area contributed by atoms with E-state index in [1.165, 1.54) is 6.07 Å². The molecule has 0 fully saturated rings. The van der Waals surface area contributed by atoms with E-state index in [-0.39, 0.29) is 5.56 Å². The summed E-state index contributed by atoms with van der Waals surface area (Å²) in [5.74, 6) is 3.09. The minimum absolute atomic E-state index is 0.135. The molecule has 0 aliphatic rings. The zero-order valence-electron chi connectivity index (χ0n) is 46.4. The Bertz CT molecular complexity index is 5220. The van der Waals surface area contributed by atoms with Gasteiger partial charge in [-0.25, -0.2) is 29.9 Å². The van der Waals surface area contributed by atoms with Crippen LogP contribution in [-0.4, -0.2) is 39.0 Å². The van der Waals surface area contributed by atoms with Crippen molar-refractivity contribution >= 4 is 43.6 Å². The van der Waals surface area contributed by atoms with Gasteiger partial charge in [0.2, 0.25) is 0 Å². The molecule has 414 valence electrons. The Morgan fingerprint density at radius 2 is 0.693 bits per heavy atom. The minimum Gasteiger partial charge on any atom is -0.309 e. The summed E-state index contributed by atoms with van der Waals surface area (Å²) in [5, 5.41) is 24.9. The second kappa shape index (κ2) is 21.5. The molecule has 0 spiro atoms. The van der Waals surface area contributed by atoms with E-state index in [1.54, 1.807) is 6.07 Å². The maximum atomic E-state index is 14.3. The van der Waals surface area contributed by atoms with E-state index in [4.69, 9.17) is 29.9 Å². The lowest BCUT2D eigenvalue weighted by Gasteiger charge is -2.20. The summed E-state index contributed by atoms with van der Waals surface area (Å²) >= 11 is 0. The van der Waals surface area contributed by atoms with Crippen molar-refractivity contribution in [2.45, 2.75) is 6.18 Å². The van der Waals surface area contributed by atoms with E-state index in [9.17, 15) is 23.7 Å². The average molecular weight is 1140 g/mol.